The Bertz CT molecular complexity index is 789. The van der Waals surface area contributed by atoms with Crippen molar-refractivity contribution in [2.75, 3.05) is 25.0 Å². The van der Waals surface area contributed by atoms with Crippen molar-refractivity contribution in [3.8, 4) is 11.7 Å². The minimum atomic E-state index is 0.411. The molecule has 25 heavy (non-hydrogen) atoms. The molecule has 4 heterocycles. The molecule has 8 heteroatoms. The Morgan fingerprint density at radius 3 is 3.00 bits per heavy atom. The molecule has 3 aromatic heterocycles. The van der Waals surface area contributed by atoms with Crippen LogP contribution in [0.4, 0.5) is 5.82 Å². The van der Waals surface area contributed by atoms with Gasteiger partial charge >= 0.3 is 0 Å². The van der Waals surface area contributed by atoms with E-state index in [1.165, 1.54) is 0 Å². The lowest BCUT2D eigenvalue weighted by Crippen LogP contribution is -2.39. The summed E-state index contributed by atoms with van der Waals surface area (Å²) in [4.78, 5) is 4.52. The summed E-state index contributed by atoms with van der Waals surface area (Å²) < 4.78 is 11.0. The van der Waals surface area contributed by atoms with Gasteiger partial charge in [0.2, 0.25) is 5.89 Å². The molecule has 0 amide bonds. The summed E-state index contributed by atoms with van der Waals surface area (Å²) in [7, 11) is 2.06. The van der Waals surface area contributed by atoms with E-state index >= 15 is 0 Å². The highest BCUT2D eigenvalue weighted by Gasteiger charge is 2.27. The fourth-order valence-corrected chi connectivity index (χ4v) is 3.25. The topological polar surface area (TPSA) is 84.3 Å². The predicted molar refractivity (Wildman–Crippen MR) is 90.7 cm³/mol. The third-order valence-electron chi connectivity index (χ3n) is 4.36. The van der Waals surface area contributed by atoms with Crippen LogP contribution in [0, 0.1) is 0 Å². The van der Waals surface area contributed by atoms with Crippen LogP contribution in [0.3, 0.4) is 0 Å². The van der Waals surface area contributed by atoms with Gasteiger partial charge in [-0.25, -0.2) is 0 Å². The molecule has 8 nitrogen and oxygen atoms in total. The van der Waals surface area contributed by atoms with Crippen LogP contribution in [0.1, 0.15) is 18.7 Å². The molecule has 1 aliphatic rings. The molecule has 0 unspecified atom stereocenters. The number of aromatic nitrogens is 4. The molecule has 0 aliphatic carbocycles. The molecule has 1 atom stereocenters. The summed E-state index contributed by atoms with van der Waals surface area (Å²) in [6.07, 6.45) is 5.60. The second-order valence-corrected chi connectivity index (χ2v) is 6.25. The number of furan rings is 1. The summed E-state index contributed by atoms with van der Waals surface area (Å²) in [5, 5.41) is 16.4. The Kier molecular flexibility index (Phi) is 4.43. The summed E-state index contributed by atoms with van der Waals surface area (Å²) in [5.41, 5.74) is 0. The Morgan fingerprint density at radius 1 is 1.24 bits per heavy atom. The molecule has 1 saturated heterocycles. The summed E-state index contributed by atoms with van der Waals surface area (Å²) in [5.74, 6) is 2.52. The van der Waals surface area contributed by atoms with Crippen molar-refractivity contribution < 1.29 is 8.83 Å². The summed E-state index contributed by atoms with van der Waals surface area (Å²) in [6, 6.07) is 7.95. The fourth-order valence-electron chi connectivity index (χ4n) is 3.25. The Hall–Kier alpha value is -2.74. The first kappa shape index (κ1) is 15.8. The van der Waals surface area contributed by atoms with Crippen LogP contribution in [-0.2, 0) is 6.54 Å². The van der Waals surface area contributed by atoms with Gasteiger partial charge in [-0.2, -0.15) is 5.10 Å². The van der Waals surface area contributed by atoms with Gasteiger partial charge in [0.1, 0.15) is 0 Å². The first-order valence-electron chi connectivity index (χ1n) is 8.39. The molecule has 4 rings (SSSR count). The van der Waals surface area contributed by atoms with Crippen LogP contribution in [-0.4, -0.2) is 51.5 Å². The molecular weight excluding hydrogens is 320 g/mol. The van der Waals surface area contributed by atoms with E-state index in [-0.39, 0.29) is 0 Å². The van der Waals surface area contributed by atoms with E-state index in [0.717, 1.165) is 31.7 Å². The first-order chi connectivity index (χ1) is 12.3. The van der Waals surface area contributed by atoms with Crippen molar-refractivity contribution in [3.63, 3.8) is 0 Å². The van der Waals surface area contributed by atoms with E-state index in [1.54, 1.807) is 24.6 Å². The molecule has 0 radical (unpaired) electrons. The average molecular weight is 340 g/mol. The third-order valence-corrected chi connectivity index (χ3v) is 4.36. The van der Waals surface area contributed by atoms with Gasteiger partial charge in [0.05, 0.1) is 12.8 Å². The molecule has 130 valence electrons. The summed E-state index contributed by atoms with van der Waals surface area (Å²) >= 11 is 0. The monoisotopic (exact) mass is 340 g/mol. The predicted octanol–water partition coefficient (Wildman–Crippen LogP) is 2.22. The lowest BCUT2D eigenvalue weighted by molar-refractivity contribution is 0.272. The van der Waals surface area contributed by atoms with Gasteiger partial charge in [0, 0.05) is 25.3 Å². The second-order valence-electron chi connectivity index (χ2n) is 6.25. The van der Waals surface area contributed by atoms with Gasteiger partial charge < -0.3 is 13.7 Å². The Morgan fingerprint density at radius 2 is 2.20 bits per heavy atom. The lowest BCUT2D eigenvalue weighted by atomic mass is 10.2. The van der Waals surface area contributed by atoms with Gasteiger partial charge in [-0.3, -0.25) is 4.90 Å². The van der Waals surface area contributed by atoms with E-state index in [2.05, 4.69) is 37.2 Å². The summed E-state index contributed by atoms with van der Waals surface area (Å²) in [6.45, 7) is 2.51. The van der Waals surface area contributed by atoms with Gasteiger partial charge in [-0.15, -0.1) is 15.3 Å². The minimum Gasteiger partial charge on any atom is -0.459 e. The van der Waals surface area contributed by atoms with E-state index in [1.807, 2.05) is 12.1 Å². The molecule has 3 aromatic rings. The minimum absolute atomic E-state index is 0.411. The molecular formula is C17H20N6O2. The smallest absolute Gasteiger partial charge is 0.283 e. The van der Waals surface area contributed by atoms with Crippen LogP contribution in [0.15, 0.2) is 45.6 Å². The van der Waals surface area contributed by atoms with Gasteiger partial charge in [-0.1, -0.05) is 0 Å². The van der Waals surface area contributed by atoms with Crippen molar-refractivity contribution in [2.45, 2.75) is 25.4 Å². The van der Waals surface area contributed by atoms with Crippen molar-refractivity contribution in [1.29, 1.82) is 0 Å². The highest BCUT2D eigenvalue weighted by molar-refractivity contribution is 5.42. The molecule has 0 saturated carbocycles. The molecule has 1 fully saturated rings. The normalized spacial score (nSPS) is 17.5. The van der Waals surface area contributed by atoms with Crippen molar-refractivity contribution in [1.82, 2.24) is 25.3 Å². The number of hydrogen-bond donors (Lipinski definition) is 0. The van der Waals surface area contributed by atoms with Crippen molar-refractivity contribution in [3.05, 3.63) is 42.6 Å². The SMILES string of the molecule is CN(Cc1nnc(-c2ccco2)o1)C[C@@H]1CCCN1c1cccnn1. The van der Waals surface area contributed by atoms with E-state index < -0.39 is 0 Å². The quantitative estimate of drug-likeness (QED) is 0.675. The number of hydrogen-bond acceptors (Lipinski definition) is 8. The van der Waals surface area contributed by atoms with E-state index in [0.29, 0.717) is 30.1 Å². The van der Waals surface area contributed by atoms with Crippen LogP contribution in [0.5, 0.6) is 0 Å². The maximum atomic E-state index is 5.68. The first-order valence-corrected chi connectivity index (χ1v) is 8.39. The Balaban J connectivity index is 1.38. The van der Waals surface area contributed by atoms with Gasteiger partial charge in [0.15, 0.2) is 11.6 Å². The van der Waals surface area contributed by atoms with Gasteiger partial charge in [0.25, 0.3) is 5.89 Å². The maximum absolute atomic E-state index is 5.68. The van der Waals surface area contributed by atoms with Gasteiger partial charge in [-0.05, 0) is 44.2 Å². The van der Waals surface area contributed by atoms with Crippen molar-refractivity contribution >= 4 is 5.82 Å². The molecule has 1 aliphatic heterocycles. The van der Waals surface area contributed by atoms with Crippen molar-refractivity contribution in [2.24, 2.45) is 0 Å². The van der Waals surface area contributed by atoms with E-state index in [4.69, 9.17) is 8.83 Å². The largest absolute Gasteiger partial charge is 0.459 e. The van der Waals surface area contributed by atoms with Crippen LogP contribution in [0.25, 0.3) is 11.7 Å². The number of anilines is 1. The molecule has 0 N–H and O–H groups in total. The highest BCUT2D eigenvalue weighted by Crippen LogP contribution is 2.24. The molecule has 0 aromatic carbocycles. The zero-order valence-corrected chi connectivity index (χ0v) is 14.1. The van der Waals surface area contributed by atoms with Crippen LogP contribution >= 0.6 is 0 Å². The standard InChI is InChI=1S/C17H20N6O2/c1-22(12-16-20-21-17(25-16)14-6-4-10-24-14)11-13-5-3-9-23(13)15-7-2-8-18-19-15/h2,4,6-8,10,13H,3,5,9,11-12H2,1H3/t13-/m0/s1. The lowest BCUT2D eigenvalue weighted by Gasteiger charge is -2.28. The third kappa shape index (κ3) is 3.53. The zero-order valence-electron chi connectivity index (χ0n) is 14.1. The van der Waals surface area contributed by atoms with Crippen LogP contribution in [0.2, 0.25) is 0 Å². The second kappa shape index (κ2) is 7.02. The highest BCUT2D eigenvalue weighted by atomic mass is 16.4. The molecule has 0 spiro atoms. The number of nitrogens with zero attached hydrogens (tertiary/aromatic N) is 6. The van der Waals surface area contributed by atoms with E-state index in [9.17, 15) is 0 Å². The zero-order chi connectivity index (χ0) is 17.1. The Labute approximate surface area is 145 Å². The molecule has 0 bridgehead atoms. The van der Waals surface area contributed by atoms with Crippen LogP contribution < -0.4 is 4.90 Å². The maximum Gasteiger partial charge on any atom is 0.283 e. The average Bonchev–Trinajstić information content (AvgIpc) is 3.37. The fraction of sp³-hybridized carbons (Fsp3) is 0.412. The number of likely N-dealkylation sites (N-methyl/N-ethyl adjacent to an activating group) is 1. The number of rotatable bonds is 6.